The van der Waals surface area contributed by atoms with Crippen LogP contribution in [0.25, 0.3) is 0 Å². The minimum Gasteiger partial charge on any atom is -0.549 e. The van der Waals surface area contributed by atoms with Crippen LogP contribution >= 0.6 is 0 Å². The molecule has 70 valence electrons. The van der Waals surface area contributed by atoms with E-state index in [4.69, 9.17) is 0 Å². The molecule has 2 rings (SSSR count). The van der Waals surface area contributed by atoms with E-state index in [0.717, 1.165) is 6.42 Å². The molecule has 0 aromatic heterocycles. The molecule has 0 radical (unpaired) electrons. The van der Waals surface area contributed by atoms with Gasteiger partial charge in [-0.15, -0.1) is 0 Å². The molecular weight excluding hydrogens is 212 g/mol. The fraction of sp³-hybridized carbons (Fsp3) is 0.556. The van der Waals surface area contributed by atoms with Gasteiger partial charge in [0.25, 0.3) is 0 Å². The Morgan fingerprint density at radius 2 is 2.07 bits per heavy atom. The van der Waals surface area contributed by atoms with Crippen molar-refractivity contribution < 1.29 is 19.8 Å². The molecule has 0 saturated heterocycles. The SMILES string of the molecule is O=C([O-])C1=CC2CCC1(C(=O)[O-])C2.[Ca+2]. The third-order valence-corrected chi connectivity index (χ3v) is 3.08. The van der Waals surface area contributed by atoms with Gasteiger partial charge in [-0.05, 0) is 30.8 Å². The fourth-order valence-corrected chi connectivity index (χ4v) is 2.42. The van der Waals surface area contributed by atoms with Crippen LogP contribution in [0.5, 0.6) is 0 Å². The summed E-state index contributed by atoms with van der Waals surface area (Å²) in [5, 5.41) is 21.5. The van der Waals surface area contributed by atoms with Crippen LogP contribution in [0.2, 0.25) is 0 Å². The number of carboxylic acids is 2. The Bertz CT molecular complexity index is 323. The molecule has 2 atom stereocenters. The summed E-state index contributed by atoms with van der Waals surface area (Å²) in [6.07, 6.45) is 3.00. The first-order chi connectivity index (χ1) is 6.06. The Kier molecular flexibility index (Phi) is 3.29. The number of carboxylic acid groups (broad SMARTS) is 2. The van der Waals surface area contributed by atoms with Gasteiger partial charge in [0.05, 0.1) is 11.9 Å². The summed E-state index contributed by atoms with van der Waals surface area (Å²) in [5.74, 6) is -2.56. The number of rotatable bonds is 2. The average molecular weight is 220 g/mol. The Balaban J connectivity index is 0.000000980. The van der Waals surface area contributed by atoms with Crippen molar-refractivity contribution in [2.75, 3.05) is 0 Å². The van der Waals surface area contributed by atoms with E-state index in [-0.39, 0.29) is 49.2 Å². The summed E-state index contributed by atoms with van der Waals surface area (Å²) >= 11 is 0. The second kappa shape index (κ2) is 3.83. The number of hydrogen-bond donors (Lipinski definition) is 0. The standard InChI is InChI=1S/C9H10O4.Ca/c10-7(11)6-3-5-1-2-9(6,4-5)8(12)13;/h3,5H,1-2,4H2,(H,10,11)(H,12,13);/q;+2/p-2. The first kappa shape index (κ1) is 12.0. The van der Waals surface area contributed by atoms with Crippen LogP contribution in [0, 0.1) is 11.3 Å². The van der Waals surface area contributed by atoms with E-state index in [1.807, 2.05) is 0 Å². The Morgan fingerprint density at radius 1 is 1.43 bits per heavy atom. The number of allylic oxidation sites excluding steroid dienone is 1. The van der Waals surface area contributed by atoms with Gasteiger partial charge in [-0.3, -0.25) is 0 Å². The van der Waals surface area contributed by atoms with Gasteiger partial charge in [0.2, 0.25) is 0 Å². The summed E-state index contributed by atoms with van der Waals surface area (Å²) in [5.41, 5.74) is -1.33. The number of carbonyl (C=O) groups is 2. The van der Waals surface area contributed by atoms with E-state index in [9.17, 15) is 19.8 Å². The van der Waals surface area contributed by atoms with Crippen molar-refractivity contribution in [2.24, 2.45) is 11.3 Å². The number of hydrogen-bond acceptors (Lipinski definition) is 4. The summed E-state index contributed by atoms with van der Waals surface area (Å²) in [7, 11) is 0. The van der Waals surface area contributed by atoms with Crippen LogP contribution < -0.4 is 10.2 Å². The van der Waals surface area contributed by atoms with Gasteiger partial charge < -0.3 is 19.8 Å². The summed E-state index contributed by atoms with van der Waals surface area (Å²) in [6.45, 7) is 0. The second-order valence-electron chi connectivity index (χ2n) is 3.74. The topological polar surface area (TPSA) is 80.3 Å². The Hall–Kier alpha value is -0.0603. The van der Waals surface area contributed by atoms with Gasteiger partial charge in [-0.25, -0.2) is 0 Å². The van der Waals surface area contributed by atoms with Gasteiger partial charge in [0.1, 0.15) is 0 Å². The van der Waals surface area contributed by atoms with E-state index in [0.29, 0.717) is 12.8 Å². The van der Waals surface area contributed by atoms with Crippen LogP contribution in [0.1, 0.15) is 19.3 Å². The molecule has 0 aliphatic heterocycles. The molecule has 4 nitrogen and oxygen atoms in total. The smallest absolute Gasteiger partial charge is 0.549 e. The molecule has 2 aliphatic carbocycles. The third-order valence-electron chi connectivity index (χ3n) is 3.08. The van der Waals surface area contributed by atoms with Crippen LogP contribution in [0.15, 0.2) is 11.6 Å². The third kappa shape index (κ3) is 1.49. The molecule has 0 heterocycles. The molecule has 2 bridgehead atoms. The molecule has 2 aliphatic rings. The van der Waals surface area contributed by atoms with Crippen molar-refractivity contribution in [3.8, 4) is 0 Å². The monoisotopic (exact) mass is 220 g/mol. The molecular formula is C9H8CaO4. The van der Waals surface area contributed by atoms with Crippen molar-refractivity contribution in [2.45, 2.75) is 19.3 Å². The normalized spacial score (nSPS) is 33.4. The number of carbonyl (C=O) groups excluding carboxylic acids is 2. The zero-order chi connectivity index (χ0) is 9.64. The van der Waals surface area contributed by atoms with E-state index in [1.165, 1.54) is 6.08 Å². The largest absolute Gasteiger partial charge is 2.00 e. The average Bonchev–Trinajstić information content (AvgIpc) is 2.60. The second-order valence-corrected chi connectivity index (χ2v) is 3.74. The molecule has 1 saturated carbocycles. The van der Waals surface area contributed by atoms with Gasteiger partial charge in [-0.1, -0.05) is 6.08 Å². The van der Waals surface area contributed by atoms with Crippen molar-refractivity contribution in [3.63, 3.8) is 0 Å². The Morgan fingerprint density at radius 3 is 2.43 bits per heavy atom. The van der Waals surface area contributed by atoms with Gasteiger partial charge in [-0.2, -0.15) is 0 Å². The van der Waals surface area contributed by atoms with Gasteiger partial charge in [0.15, 0.2) is 0 Å². The van der Waals surface area contributed by atoms with Crippen molar-refractivity contribution in [3.05, 3.63) is 11.6 Å². The summed E-state index contributed by atoms with van der Waals surface area (Å²) in [4.78, 5) is 21.5. The van der Waals surface area contributed by atoms with E-state index in [1.54, 1.807) is 0 Å². The molecule has 0 amide bonds. The van der Waals surface area contributed by atoms with E-state index < -0.39 is 17.4 Å². The van der Waals surface area contributed by atoms with Crippen molar-refractivity contribution in [1.82, 2.24) is 0 Å². The minimum absolute atomic E-state index is 0. The van der Waals surface area contributed by atoms with Gasteiger partial charge >= 0.3 is 37.7 Å². The van der Waals surface area contributed by atoms with E-state index >= 15 is 0 Å². The number of aliphatic carboxylic acids is 2. The van der Waals surface area contributed by atoms with Crippen LogP contribution in [-0.4, -0.2) is 49.7 Å². The molecule has 14 heavy (non-hydrogen) atoms. The molecule has 0 N–H and O–H groups in total. The van der Waals surface area contributed by atoms with Gasteiger partial charge in [0, 0.05) is 5.41 Å². The summed E-state index contributed by atoms with van der Waals surface area (Å²) in [6, 6.07) is 0. The Labute approximate surface area is 111 Å². The van der Waals surface area contributed by atoms with Crippen LogP contribution in [0.3, 0.4) is 0 Å². The zero-order valence-corrected chi connectivity index (χ0v) is 9.82. The minimum atomic E-state index is -1.37. The molecule has 0 aromatic carbocycles. The molecule has 2 unspecified atom stereocenters. The first-order valence-electron chi connectivity index (χ1n) is 4.21. The summed E-state index contributed by atoms with van der Waals surface area (Å²) < 4.78 is 0. The van der Waals surface area contributed by atoms with Crippen LogP contribution in [0.4, 0.5) is 0 Å². The fourth-order valence-electron chi connectivity index (χ4n) is 2.42. The van der Waals surface area contributed by atoms with Crippen molar-refractivity contribution in [1.29, 1.82) is 0 Å². The maximum absolute atomic E-state index is 10.9. The first-order valence-corrected chi connectivity index (χ1v) is 4.21. The molecule has 0 spiro atoms. The quantitative estimate of drug-likeness (QED) is 0.496. The zero-order valence-electron chi connectivity index (χ0n) is 7.62. The number of fused-ring (bicyclic) bond motifs is 2. The van der Waals surface area contributed by atoms with Crippen LogP contribution in [-0.2, 0) is 9.59 Å². The predicted molar refractivity (Wildman–Crippen MR) is 43.6 cm³/mol. The molecule has 1 fully saturated rings. The predicted octanol–water partition coefficient (Wildman–Crippen LogP) is -2.17. The maximum atomic E-state index is 10.9. The molecule has 5 heteroatoms. The van der Waals surface area contributed by atoms with E-state index in [2.05, 4.69) is 0 Å². The molecule has 0 aromatic rings. The van der Waals surface area contributed by atoms with Crippen molar-refractivity contribution >= 4 is 49.7 Å². The maximum Gasteiger partial charge on any atom is 2.00 e.